The van der Waals surface area contributed by atoms with Crippen LogP contribution in [-0.4, -0.2) is 36.8 Å². The van der Waals surface area contributed by atoms with Gasteiger partial charge in [0.1, 0.15) is 0 Å². The summed E-state index contributed by atoms with van der Waals surface area (Å²) in [4.78, 5) is 7.07. The molecule has 5 heteroatoms. The van der Waals surface area contributed by atoms with Crippen LogP contribution >= 0.6 is 11.3 Å². The largest absolute Gasteiger partial charge is 0.369 e. The first-order valence-corrected chi connectivity index (χ1v) is 7.35. The van der Waals surface area contributed by atoms with Crippen LogP contribution in [-0.2, 0) is 4.74 Å². The first kappa shape index (κ1) is 13.8. The average Bonchev–Trinajstić information content (AvgIpc) is 2.74. The van der Waals surface area contributed by atoms with E-state index in [4.69, 9.17) is 9.72 Å². The lowest BCUT2D eigenvalue weighted by atomic mass is 10.1. The number of aromatic nitrogens is 1. The Labute approximate surface area is 113 Å². The van der Waals surface area contributed by atoms with Gasteiger partial charge >= 0.3 is 0 Å². The monoisotopic (exact) mass is 269 g/mol. The molecule has 1 aliphatic rings. The van der Waals surface area contributed by atoms with Crippen molar-refractivity contribution in [1.82, 2.24) is 10.3 Å². The van der Waals surface area contributed by atoms with Crippen molar-refractivity contribution >= 4 is 16.5 Å². The maximum absolute atomic E-state index is 5.92. The number of thiazole rings is 1. The highest BCUT2D eigenvalue weighted by Crippen LogP contribution is 2.29. The molecular formula is C13H23N3OS. The van der Waals surface area contributed by atoms with Gasteiger partial charge in [-0.15, -0.1) is 11.3 Å². The zero-order valence-corrected chi connectivity index (χ0v) is 12.7. The number of ether oxygens (including phenoxy) is 1. The van der Waals surface area contributed by atoms with E-state index >= 15 is 0 Å². The number of hydrogen-bond donors (Lipinski definition) is 1. The molecule has 2 unspecified atom stereocenters. The molecule has 0 bridgehead atoms. The number of rotatable bonds is 3. The molecule has 0 saturated carbocycles. The van der Waals surface area contributed by atoms with E-state index in [1.165, 1.54) is 0 Å². The minimum Gasteiger partial charge on any atom is -0.369 e. The van der Waals surface area contributed by atoms with Crippen LogP contribution in [0.4, 0.5) is 5.13 Å². The molecule has 1 saturated heterocycles. The Morgan fingerprint density at radius 2 is 2.33 bits per heavy atom. The van der Waals surface area contributed by atoms with Crippen molar-refractivity contribution in [2.24, 2.45) is 0 Å². The Bertz CT molecular complexity index is 405. The molecule has 1 aliphatic heterocycles. The summed E-state index contributed by atoms with van der Waals surface area (Å²) >= 11 is 1.72. The van der Waals surface area contributed by atoms with Crippen molar-refractivity contribution in [2.75, 3.05) is 25.0 Å². The van der Waals surface area contributed by atoms with Gasteiger partial charge in [-0.05, 0) is 34.7 Å². The highest BCUT2D eigenvalue weighted by molar-refractivity contribution is 7.13. The highest BCUT2D eigenvalue weighted by atomic mass is 32.1. The van der Waals surface area contributed by atoms with Crippen LogP contribution in [0.2, 0.25) is 0 Å². The summed E-state index contributed by atoms with van der Waals surface area (Å²) in [6.07, 6.45) is 0.253. The summed E-state index contributed by atoms with van der Waals surface area (Å²) in [6, 6.07) is 0.307. The molecule has 1 aromatic rings. The molecule has 1 N–H and O–H groups in total. The predicted octanol–water partition coefficient (Wildman–Crippen LogP) is 2.43. The lowest BCUT2D eigenvalue weighted by Crippen LogP contribution is -2.52. The highest BCUT2D eigenvalue weighted by Gasteiger charge is 2.32. The molecule has 2 heterocycles. The molecule has 2 atom stereocenters. The fraction of sp³-hybridized carbons (Fsp3) is 0.769. The standard InChI is InChI=1S/C13H23N3OS/c1-9-6-16(8-13(3,4)17-9)12-15-11(7-18-12)10(2)14-5/h7,9-10,14H,6,8H2,1-5H3. The van der Waals surface area contributed by atoms with Gasteiger partial charge in [0.05, 0.1) is 17.4 Å². The van der Waals surface area contributed by atoms with Crippen LogP contribution in [0.5, 0.6) is 0 Å². The Kier molecular flexibility index (Phi) is 3.94. The second-order valence-corrected chi connectivity index (χ2v) is 6.47. The van der Waals surface area contributed by atoms with Gasteiger partial charge < -0.3 is 15.0 Å². The van der Waals surface area contributed by atoms with Gasteiger partial charge in [0.2, 0.25) is 0 Å². The average molecular weight is 269 g/mol. The summed E-state index contributed by atoms with van der Waals surface area (Å²) in [5.41, 5.74) is 1.02. The van der Waals surface area contributed by atoms with Gasteiger partial charge in [-0.1, -0.05) is 0 Å². The van der Waals surface area contributed by atoms with Gasteiger partial charge in [0.15, 0.2) is 5.13 Å². The fourth-order valence-corrected chi connectivity index (χ4v) is 3.30. The Balaban J connectivity index is 2.13. The van der Waals surface area contributed by atoms with Crippen LogP contribution in [0.1, 0.15) is 39.4 Å². The maximum atomic E-state index is 5.92. The third kappa shape index (κ3) is 3.02. The van der Waals surface area contributed by atoms with Crippen molar-refractivity contribution in [2.45, 2.75) is 45.4 Å². The second kappa shape index (κ2) is 5.15. The summed E-state index contributed by atoms with van der Waals surface area (Å²) < 4.78 is 5.92. The second-order valence-electron chi connectivity index (χ2n) is 5.63. The van der Waals surface area contributed by atoms with E-state index in [1.807, 2.05) is 7.05 Å². The predicted molar refractivity (Wildman–Crippen MR) is 76.4 cm³/mol. The van der Waals surface area contributed by atoms with Crippen molar-refractivity contribution in [3.8, 4) is 0 Å². The van der Waals surface area contributed by atoms with Crippen LogP contribution in [0.3, 0.4) is 0 Å². The van der Waals surface area contributed by atoms with E-state index in [0.29, 0.717) is 6.04 Å². The summed E-state index contributed by atoms with van der Waals surface area (Å²) in [5, 5.41) is 6.47. The lowest BCUT2D eigenvalue weighted by Gasteiger charge is -2.41. The summed E-state index contributed by atoms with van der Waals surface area (Å²) in [7, 11) is 1.96. The van der Waals surface area contributed by atoms with Crippen LogP contribution in [0, 0.1) is 0 Å². The van der Waals surface area contributed by atoms with Crippen LogP contribution < -0.4 is 10.2 Å². The third-order valence-electron chi connectivity index (χ3n) is 3.23. The van der Waals surface area contributed by atoms with Crippen LogP contribution in [0.25, 0.3) is 0 Å². The minimum atomic E-state index is -0.0991. The Morgan fingerprint density at radius 1 is 1.61 bits per heavy atom. The molecule has 2 rings (SSSR count). The smallest absolute Gasteiger partial charge is 0.185 e. The number of anilines is 1. The van der Waals surface area contributed by atoms with E-state index in [0.717, 1.165) is 23.9 Å². The van der Waals surface area contributed by atoms with Gasteiger partial charge in [-0.2, -0.15) is 0 Å². The molecule has 1 aromatic heterocycles. The Hall–Kier alpha value is -0.650. The third-order valence-corrected chi connectivity index (χ3v) is 4.15. The Morgan fingerprint density at radius 3 is 2.94 bits per heavy atom. The molecule has 0 aromatic carbocycles. The quantitative estimate of drug-likeness (QED) is 0.914. The van der Waals surface area contributed by atoms with Gasteiger partial charge in [-0.3, -0.25) is 0 Å². The SMILES string of the molecule is CNC(C)c1csc(N2CC(C)OC(C)(C)C2)n1. The summed E-state index contributed by atoms with van der Waals surface area (Å²) in [6.45, 7) is 10.4. The van der Waals surface area contributed by atoms with E-state index in [2.05, 4.69) is 43.3 Å². The van der Waals surface area contributed by atoms with E-state index in [-0.39, 0.29) is 11.7 Å². The molecule has 4 nitrogen and oxygen atoms in total. The maximum Gasteiger partial charge on any atom is 0.185 e. The van der Waals surface area contributed by atoms with Gasteiger partial charge in [-0.25, -0.2) is 4.98 Å². The molecule has 0 spiro atoms. The van der Waals surface area contributed by atoms with Crippen molar-refractivity contribution in [3.05, 3.63) is 11.1 Å². The molecule has 1 fully saturated rings. The zero-order chi connectivity index (χ0) is 13.3. The number of hydrogen-bond acceptors (Lipinski definition) is 5. The van der Waals surface area contributed by atoms with Gasteiger partial charge in [0, 0.05) is 24.5 Å². The van der Waals surface area contributed by atoms with E-state index in [9.17, 15) is 0 Å². The van der Waals surface area contributed by atoms with E-state index < -0.39 is 0 Å². The minimum absolute atomic E-state index is 0.0991. The lowest BCUT2D eigenvalue weighted by molar-refractivity contribution is -0.0749. The topological polar surface area (TPSA) is 37.4 Å². The number of nitrogens with one attached hydrogen (secondary N) is 1. The van der Waals surface area contributed by atoms with Gasteiger partial charge in [0.25, 0.3) is 0 Å². The summed E-state index contributed by atoms with van der Waals surface area (Å²) in [5.74, 6) is 0. The van der Waals surface area contributed by atoms with Crippen LogP contribution in [0.15, 0.2) is 5.38 Å². The first-order chi connectivity index (χ1) is 8.41. The molecule has 102 valence electrons. The molecule has 18 heavy (non-hydrogen) atoms. The van der Waals surface area contributed by atoms with Crippen molar-refractivity contribution < 1.29 is 4.74 Å². The first-order valence-electron chi connectivity index (χ1n) is 6.47. The zero-order valence-electron chi connectivity index (χ0n) is 11.9. The number of morpholine rings is 1. The van der Waals surface area contributed by atoms with Crippen molar-refractivity contribution in [1.29, 1.82) is 0 Å². The molecule has 0 amide bonds. The molecule has 0 radical (unpaired) electrons. The van der Waals surface area contributed by atoms with Crippen molar-refractivity contribution in [3.63, 3.8) is 0 Å². The number of nitrogens with zero attached hydrogens (tertiary/aromatic N) is 2. The normalized spacial score (nSPS) is 25.2. The molecule has 0 aliphatic carbocycles. The molecular weight excluding hydrogens is 246 g/mol. The van der Waals surface area contributed by atoms with E-state index in [1.54, 1.807) is 11.3 Å². The fourth-order valence-electron chi connectivity index (χ4n) is 2.37.